The second-order valence-electron chi connectivity index (χ2n) is 12.6. The molecule has 4 amide bonds. The summed E-state index contributed by atoms with van der Waals surface area (Å²) >= 11 is 0. The molecule has 4 fully saturated rings. The summed E-state index contributed by atoms with van der Waals surface area (Å²) in [6, 6.07) is 12.9. The van der Waals surface area contributed by atoms with E-state index in [2.05, 4.69) is 10.6 Å². The van der Waals surface area contributed by atoms with Crippen LogP contribution in [0.1, 0.15) is 28.8 Å². The largest absolute Gasteiger partial charge is 0.484 e. The fourth-order valence-corrected chi connectivity index (χ4v) is 6.84. The van der Waals surface area contributed by atoms with Gasteiger partial charge in [0.2, 0.25) is 17.7 Å². The van der Waals surface area contributed by atoms with Crippen LogP contribution in [-0.4, -0.2) is 141 Å². The van der Waals surface area contributed by atoms with Crippen LogP contribution in [0.15, 0.2) is 54.6 Å². The first-order valence-corrected chi connectivity index (χ1v) is 16.0. The van der Waals surface area contributed by atoms with Gasteiger partial charge in [0.25, 0.3) is 5.91 Å². The number of hydrogen-bond acceptors (Lipinski definition) is 10. The Balaban J connectivity index is 1.25. The fourth-order valence-electron chi connectivity index (χ4n) is 6.84. The number of rotatable bonds is 6. The lowest BCUT2D eigenvalue weighted by Crippen LogP contribution is -2.64. The van der Waals surface area contributed by atoms with Gasteiger partial charge in [-0.25, -0.2) is 4.79 Å². The molecule has 4 aliphatic heterocycles. The van der Waals surface area contributed by atoms with Gasteiger partial charge in [0.1, 0.15) is 30.1 Å². The van der Waals surface area contributed by atoms with Crippen molar-refractivity contribution in [3.63, 3.8) is 0 Å². The minimum atomic E-state index is -1.37. The van der Waals surface area contributed by atoms with Gasteiger partial charge in [0, 0.05) is 38.8 Å². The average Bonchev–Trinajstić information content (AvgIpc) is 3.60. The number of aliphatic hydroxyl groups excluding tert-OH is 2. The molecule has 6 bridgehead atoms. The minimum absolute atomic E-state index is 0.0632. The molecule has 6 rings (SSSR count). The Morgan fingerprint density at radius 3 is 2.38 bits per heavy atom. The second kappa shape index (κ2) is 14.3. The number of benzene rings is 2. The lowest BCUT2D eigenvalue weighted by molar-refractivity contribution is -0.151. The molecule has 0 unspecified atom stereocenters. The van der Waals surface area contributed by atoms with Crippen molar-refractivity contribution in [1.82, 2.24) is 25.3 Å². The van der Waals surface area contributed by atoms with Crippen molar-refractivity contribution in [1.29, 1.82) is 0 Å². The molecule has 2 aromatic carbocycles. The molecule has 2 aromatic rings. The normalized spacial score (nSPS) is 29.7. The number of carbonyl (C=O) groups is 5. The fraction of sp³-hybridized carbons (Fsp3) is 0.485. The first-order chi connectivity index (χ1) is 23.1. The topological polar surface area (TPSA) is 198 Å². The third-order valence-corrected chi connectivity index (χ3v) is 9.39. The lowest BCUT2D eigenvalue weighted by Gasteiger charge is -2.42. The monoisotopic (exact) mass is 665 g/mol. The van der Waals surface area contributed by atoms with Crippen LogP contribution in [0, 0.1) is 0 Å². The van der Waals surface area contributed by atoms with Crippen molar-refractivity contribution >= 4 is 29.6 Å². The van der Waals surface area contributed by atoms with E-state index in [9.17, 15) is 39.3 Å². The van der Waals surface area contributed by atoms with E-state index in [0.29, 0.717) is 18.8 Å². The first-order valence-electron chi connectivity index (χ1n) is 16.0. The van der Waals surface area contributed by atoms with E-state index in [-0.39, 0.29) is 57.1 Å². The van der Waals surface area contributed by atoms with E-state index in [1.54, 1.807) is 41.3 Å². The van der Waals surface area contributed by atoms with E-state index in [4.69, 9.17) is 9.47 Å². The Labute approximate surface area is 276 Å². The molecular formula is C33H39N5O10. The number of hydrogen-bond donors (Lipinski definition) is 5. The number of carbonyl (C=O) groups excluding carboxylic acids is 4. The zero-order valence-electron chi connectivity index (χ0n) is 26.1. The van der Waals surface area contributed by atoms with Gasteiger partial charge in [-0.3, -0.25) is 24.1 Å². The van der Waals surface area contributed by atoms with E-state index in [0.717, 1.165) is 5.56 Å². The Morgan fingerprint density at radius 1 is 0.917 bits per heavy atom. The molecule has 15 heteroatoms. The van der Waals surface area contributed by atoms with Crippen LogP contribution in [0.3, 0.4) is 0 Å². The molecule has 0 radical (unpaired) electrons. The van der Waals surface area contributed by atoms with Gasteiger partial charge in [-0.05, 0) is 36.2 Å². The lowest BCUT2D eigenvalue weighted by atomic mass is 10.0. The highest BCUT2D eigenvalue weighted by atomic mass is 16.5. The number of amides is 4. The number of likely N-dealkylation sites (tertiary alicyclic amines) is 1. The minimum Gasteiger partial charge on any atom is -0.484 e. The molecule has 4 saturated heterocycles. The van der Waals surface area contributed by atoms with Crippen molar-refractivity contribution in [2.24, 2.45) is 0 Å². The standard InChI is InChI=1S/C33H39N5O10/c39-27-13-25-29(41)30(42)26(48-25)14-34-31(43)24-17-36(10-11-38(24)28(40)18-47-22-4-2-1-3-5-22)32(44)23-12-21(35-27)16-37(23)15-19-6-8-20(9-7-19)33(45)46/h1-9,21,23-26,29-30,41-42H,10-18H2,(H,34,43)(H,35,39)(H,45,46)/t21-,23-,24-,25-,26+,29-,30+/m0/s1. The maximum Gasteiger partial charge on any atom is 0.335 e. The zero-order chi connectivity index (χ0) is 33.9. The number of piperazine rings is 1. The number of carboxylic acids is 1. The predicted octanol–water partition coefficient (Wildman–Crippen LogP) is -1.43. The third-order valence-electron chi connectivity index (χ3n) is 9.39. The molecule has 4 aliphatic rings. The van der Waals surface area contributed by atoms with E-state index in [1.807, 2.05) is 11.0 Å². The smallest absolute Gasteiger partial charge is 0.335 e. The van der Waals surface area contributed by atoms with Gasteiger partial charge in [-0.15, -0.1) is 0 Å². The number of nitrogens with one attached hydrogen (secondary N) is 2. The van der Waals surface area contributed by atoms with Crippen LogP contribution in [0.25, 0.3) is 0 Å². The molecule has 15 nitrogen and oxygen atoms in total. The molecule has 0 aromatic heterocycles. The molecule has 0 saturated carbocycles. The number of aromatic carboxylic acids is 1. The Bertz CT molecular complexity index is 1520. The van der Waals surface area contributed by atoms with Gasteiger partial charge >= 0.3 is 5.97 Å². The van der Waals surface area contributed by atoms with Gasteiger partial charge in [0.15, 0.2) is 6.61 Å². The second-order valence-corrected chi connectivity index (χ2v) is 12.6. The first kappa shape index (κ1) is 33.3. The zero-order valence-corrected chi connectivity index (χ0v) is 26.1. The highest BCUT2D eigenvalue weighted by Gasteiger charge is 2.47. The van der Waals surface area contributed by atoms with E-state index >= 15 is 0 Å². The highest BCUT2D eigenvalue weighted by molar-refractivity contribution is 5.90. The van der Waals surface area contributed by atoms with Crippen LogP contribution in [0.2, 0.25) is 0 Å². The van der Waals surface area contributed by atoms with Crippen molar-refractivity contribution < 1.29 is 48.8 Å². The van der Waals surface area contributed by atoms with Gasteiger partial charge in [0.05, 0.1) is 30.7 Å². The van der Waals surface area contributed by atoms with Crippen LogP contribution in [0.4, 0.5) is 0 Å². The molecule has 4 heterocycles. The van der Waals surface area contributed by atoms with Gasteiger partial charge < -0.3 is 45.2 Å². The summed E-state index contributed by atoms with van der Waals surface area (Å²) in [4.78, 5) is 70.5. The highest BCUT2D eigenvalue weighted by Crippen LogP contribution is 2.27. The van der Waals surface area contributed by atoms with Crippen molar-refractivity contribution in [2.75, 3.05) is 39.3 Å². The summed E-state index contributed by atoms with van der Waals surface area (Å²) in [5, 5.41) is 36.2. The van der Waals surface area contributed by atoms with Crippen LogP contribution in [0.5, 0.6) is 5.75 Å². The number of para-hydroxylation sites is 1. The maximum atomic E-state index is 14.2. The third kappa shape index (κ3) is 7.28. The summed E-state index contributed by atoms with van der Waals surface area (Å²) in [6.45, 7) is 0.206. The van der Waals surface area contributed by atoms with Crippen molar-refractivity contribution in [2.45, 2.75) is 61.9 Å². The number of carboxylic acid groups (broad SMARTS) is 1. The number of aliphatic hydroxyl groups is 2. The summed E-state index contributed by atoms with van der Waals surface area (Å²) in [7, 11) is 0. The summed E-state index contributed by atoms with van der Waals surface area (Å²) < 4.78 is 11.5. The molecule has 7 atom stereocenters. The number of ether oxygens (including phenoxy) is 2. The van der Waals surface area contributed by atoms with Crippen LogP contribution in [-0.2, 0) is 30.5 Å². The van der Waals surface area contributed by atoms with Crippen LogP contribution >= 0.6 is 0 Å². The molecule has 0 spiro atoms. The van der Waals surface area contributed by atoms with Crippen molar-refractivity contribution in [3.8, 4) is 5.75 Å². The Hall–Kier alpha value is -4.57. The average molecular weight is 666 g/mol. The van der Waals surface area contributed by atoms with E-state index < -0.39 is 66.2 Å². The molecule has 5 N–H and O–H groups in total. The summed E-state index contributed by atoms with van der Waals surface area (Å²) in [6.07, 6.45) is -4.73. The number of fused-ring (bicyclic) bond motifs is 6. The summed E-state index contributed by atoms with van der Waals surface area (Å²) in [5.41, 5.74) is 0.897. The number of nitrogens with zero attached hydrogens (tertiary/aromatic N) is 3. The Kier molecular flexibility index (Phi) is 9.91. The molecule has 256 valence electrons. The van der Waals surface area contributed by atoms with Crippen LogP contribution < -0.4 is 15.4 Å². The molecular weight excluding hydrogens is 626 g/mol. The van der Waals surface area contributed by atoms with Crippen molar-refractivity contribution in [3.05, 3.63) is 65.7 Å². The molecule has 48 heavy (non-hydrogen) atoms. The SMILES string of the molecule is O=C1C[C@@H]2O[C@H](CNC(=O)[C@@H]3CN(CCN3C(=O)COc3ccccc3)C(=O)[C@@H]3C[C@@H](CN3Cc3ccc(C(=O)O)cc3)N1)[C@@H](O)[C@H]2O. The quantitative estimate of drug-likeness (QED) is 0.243. The predicted molar refractivity (Wildman–Crippen MR) is 166 cm³/mol. The Morgan fingerprint density at radius 2 is 1.65 bits per heavy atom. The summed E-state index contributed by atoms with van der Waals surface area (Å²) in [5.74, 6) is -2.26. The van der Waals surface area contributed by atoms with Gasteiger partial charge in [-0.2, -0.15) is 0 Å². The van der Waals surface area contributed by atoms with E-state index in [1.165, 1.54) is 17.0 Å². The molecule has 0 aliphatic carbocycles. The maximum absolute atomic E-state index is 14.2. The van der Waals surface area contributed by atoms with Gasteiger partial charge in [-0.1, -0.05) is 30.3 Å².